The molecule has 0 spiro atoms. The first-order chi connectivity index (χ1) is 7.13. The monoisotopic (exact) mass is 214 g/mol. The van der Waals surface area contributed by atoms with Gasteiger partial charge in [-0.05, 0) is 13.3 Å². The summed E-state index contributed by atoms with van der Waals surface area (Å²) in [6.45, 7) is 2.08. The van der Waals surface area contributed by atoms with Gasteiger partial charge in [-0.15, -0.1) is 0 Å². The number of nitrogens with one attached hydrogen (secondary N) is 1. The lowest BCUT2D eigenvalue weighted by molar-refractivity contribution is -0.117. The van der Waals surface area contributed by atoms with Gasteiger partial charge in [-0.1, -0.05) is 5.16 Å². The lowest BCUT2D eigenvalue weighted by atomic mass is 10.2. The van der Waals surface area contributed by atoms with Crippen LogP contribution in [0.25, 0.3) is 0 Å². The predicted molar refractivity (Wildman–Crippen MR) is 52.1 cm³/mol. The third-order valence-corrected chi connectivity index (χ3v) is 1.73. The molecule has 1 aromatic rings. The topological polar surface area (TPSA) is 103 Å². The molecule has 0 aliphatic carbocycles. The Bertz CT molecular complexity index is 325. The van der Waals surface area contributed by atoms with Crippen LogP contribution in [0.4, 0.5) is 6.01 Å². The molecule has 0 saturated heterocycles. The van der Waals surface area contributed by atoms with Gasteiger partial charge in [0.15, 0.2) is 5.82 Å². The van der Waals surface area contributed by atoms with Crippen molar-refractivity contribution in [1.82, 2.24) is 10.1 Å². The fourth-order valence-corrected chi connectivity index (χ4v) is 0.922. The second-order valence-corrected chi connectivity index (χ2v) is 3.02. The van der Waals surface area contributed by atoms with Crippen LogP contribution < -0.4 is 11.1 Å². The van der Waals surface area contributed by atoms with Gasteiger partial charge in [-0.25, -0.2) is 0 Å². The molecular weight excluding hydrogens is 200 g/mol. The SMILES string of the molecule is COCCC(N)C(=O)Nc1nc(C)no1. The fourth-order valence-electron chi connectivity index (χ4n) is 0.922. The number of aromatic nitrogens is 2. The molecule has 3 N–H and O–H groups in total. The zero-order chi connectivity index (χ0) is 11.3. The molecule has 1 amide bonds. The molecule has 0 saturated carbocycles. The second-order valence-electron chi connectivity index (χ2n) is 3.02. The third-order valence-electron chi connectivity index (χ3n) is 1.73. The van der Waals surface area contributed by atoms with Crippen LogP contribution in [0.3, 0.4) is 0 Å². The zero-order valence-corrected chi connectivity index (χ0v) is 8.69. The zero-order valence-electron chi connectivity index (χ0n) is 8.69. The standard InChI is InChI=1S/C8H14N4O3/c1-5-10-8(15-12-5)11-7(13)6(9)3-4-14-2/h6H,3-4,9H2,1-2H3,(H,10,11,12,13). The number of rotatable bonds is 5. The number of carbonyl (C=O) groups is 1. The van der Waals surface area contributed by atoms with Gasteiger partial charge in [-0.3, -0.25) is 10.1 Å². The summed E-state index contributed by atoms with van der Waals surface area (Å²) in [5.41, 5.74) is 5.58. The Morgan fingerprint density at radius 1 is 1.73 bits per heavy atom. The molecule has 7 nitrogen and oxygen atoms in total. The summed E-state index contributed by atoms with van der Waals surface area (Å²) < 4.78 is 9.52. The Morgan fingerprint density at radius 3 is 3.00 bits per heavy atom. The lowest BCUT2D eigenvalue weighted by Gasteiger charge is -2.08. The van der Waals surface area contributed by atoms with Crippen LogP contribution in [-0.4, -0.2) is 35.8 Å². The molecular formula is C8H14N4O3. The van der Waals surface area contributed by atoms with Gasteiger partial charge >= 0.3 is 6.01 Å². The van der Waals surface area contributed by atoms with Gasteiger partial charge in [0, 0.05) is 13.7 Å². The van der Waals surface area contributed by atoms with Crippen molar-refractivity contribution in [2.75, 3.05) is 19.0 Å². The van der Waals surface area contributed by atoms with Crippen LogP contribution in [0.2, 0.25) is 0 Å². The van der Waals surface area contributed by atoms with E-state index in [-0.39, 0.29) is 11.9 Å². The number of ether oxygens (including phenoxy) is 1. The highest BCUT2D eigenvalue weighted by Gasteiger charge is 2.15. The minimum Gasteiger partial charge on any atom is -0.385 e. The lowest BCUT2D eigenvalue weighted by Crippen LogP contribution is -2.36. The first-order valence-corrected chi connectivity index (χ1v) is 4.49. The first kappa shape index (κ1) is 11.6. The minimum absolute atomic E-state index is 0.0605. The summed E-state index contributed by atoms with van der Waals surface area (Å²) in [6.07, 6.45) is 0.440. The third kappa shape index (κ3) is 3.64. The number of aryl methyl sites for hydroxylation is 1. The van der Waals surface area contributed by atoms with Gasteiger partial charge in [0.2, 0.25) is 5.91 Å². The van der Waals surface area contributed by atoms with Crippen molar-refractivity contribution in [2.45, 2.75) is 19.4 Å². The van der Waals surface area contributed by atoms with E-state index in [4.69, 9.17) is 15.0 Å². The first-order valence-electron chi connectivity index (χ1n) is 4.49. The van der Waals surface area contributed by atoms with E-state index in [0.29, 0.717) is 18.9 Å². The summed E-state index contributed by atoms with van der Waals surface area (Å²) >= 11 is 0. The van der Waals surface area contributed by atoms with E-state index in [1.807, 2.05) is 0 Å². The van der Waals surface area contributed by atoms with Crippen LogP contribution in [-0.2, 0) is 9.53 Å². The Balaban J connectivity index is 2.41. The largest absolute Gasteiger partial charge is 0.385 e. The highest BCUT2D eigenvalue weighted by molar-refractivity contribution is 5.92. The van der Waals surface area contributed by atoms with E-state index in [2.05, 4.69) is 15.5 Å². The molecule has 1 unspecified atom stereocenters. The number of hydrogen-bond donors (Lipinski definition) is 2. The molecule has 1 heterocycles. The highest BCUT2D eigenvalue weighted by atomic mass is 16.5. The van der Waals surface area contributed by atoms with Gasteiger partial charge < -0.3 is 15.0 Å². The second kappa shape index (κ2) is 5.42. The van der Waals surface area contributed by atoms with E-state index in [1.165, 1.54) is 0 Å². The van der Waals surface area contributed by atoms with Crippen molar-refractivity contribution >= 4 is 11.9 Å². The maximum atomic E-state index is 11.4. The van der Waals surface area contributed by atoms with Crippen molar-refractivity contribution in [3.63, 3.8) is 0 Å². The average Bonchev–Trinajstić information content (AvgIpc) is 2.60. The quantitative estimate of drug-likeness (QED) is 0.696. The van der Waals surface area contributed by atoms with Crippen molar-refractivity contribution < 1.29 is 14.1 Å². The van der Waals surface area contributed by atoms with Crippen LogP contribution in [0.1, 0.15) is 12.2 Å². The maximum Gasteiger partial charge on any atom is 0.328 e. The Kier molecular flexibility index (Phi) is 4.19. The van der Waals surface area contributed by atoms with Crippen LogP contribution >= 0.6 is 0 Å². The number of nitrogens with zero attached hydrogens (tertiary/aromatic N) is 2. The van der Waals surface area contributed by atoms with Crippen molar-refractivity contribution in [1.29, 1.82) is 0 Å². The number of anilines is 1. The molecule has 0 aromatic carbocycles. The molecule has 1 aromatic heterocycles. The van der Waals surface area contributed by atoms with E-state index >= 15 is 0 Å². The molecule has 1 atom stereocenters. The number of methoxy groups -OCH3 is 1. The summed E-state index contributed by atoms with van der Waals surface area (Å²) in [4.78, 5) is 15.2. The molecule has 0 bridgehead atoms. The van der Waals surface area contributed by atoms with E-state index < -0.39 is 6.04 Å². The molecule has 0 fully saturated rings. The molecule has 0 radical (unpaired) electrons. The maximum absolute atomic E-state index is 11.4. The summed E-state index contributed by atoms with van der Waals surface area (Å²) in [7, 11) is 1.55. The molecule has 0 aliphatic heterocycles. The molecule has 1 rings (SSSR count). The number of amides is 1. The molecule has 84 valence electrons. The number of hydrogen-bond acceptors (Lipinski definition) is 6. The van der Waals surface area contributed by atoms with Crippen molar-refractivity contribution in [2.24, 2.45) is 5.73 Å². The van der Waals surface area contributed by atoms with E-state index in [1.54, 1.807) is 14.0 Å². The van der Waals surface area contributed by atoms with Gasteiger partial charge in [-0.2, -0.15) is 4.98 Å². The van der Waals surface area contributed by atoms with E-state index in [0.717, 1.165) is 0 Å². The van der Waals surface area contributed by atoms with E-state index in [9.17, 15) is 4.79 Å². The van der Waals surface area contributed by atoms with Gasteiger partial charge in [0.1, 0.15) is 0 Å². The number of nitrogens with two attached hydrogens (primary N) is 1. The molecule has 0 aliphatic rings. The van der Waals surface area contributed by atoms with Crippen LogP contribution in [0, 0.1) is 6.92 Å². The Hall–Kier alpha value is -1.47. The fraction of sp³-hybridized carbons (Fsp3) is 0.625. The molecule has 7 heteroatoms. The van der Waals surface area contributed by atoms with Gasteiger partial charge in [0.05, 0.1) is 6.04 Å². The predicted octanol–water partition coefficient (Wildman–Crippen LogP) is -0.320. The van der Waals surface area contributed by atoms with Crippen LogP contribution in [0.15, 0.2) is 4.52 Å². The van der Waals surface area contributed by atoms with Crippen molar-refractivity contribution in [3.05, 3.63) is 5.82 Å². The summed E-state index contributed by atoms with van der Waals surface area (Å²) in [5.74, 6) is 0.0893. The summed E-state index contributed by atoms with van der Waals surface area (Å²) in [5, 5.41) is 5.94. The Labute approximate surface area is 87.0 Å². The van der Waals surface area contributed by atoms with Crippen LogP contribution in [0.5, 0.6) is 0 Å². The Morgan fingerprint density at radius 2 is 2.47 bits per heavy atom. The normalized spacial score (nSPS) is 12.5. The smallest absolute Gasteiger partial charge is 0.328 e. The highest BCUT2D eigenvalue weighted by Crippen LogP contribution is 2.03. The van der Waals surface area contributed by atoms with Gasteiger partial charge in [0.25, 0.3) is 0 Å². The van der Waals surface area contributed by atoms with Crippen molar-refractivity contribution in [3.8, 4) is 0 Å². The average molecular weight is 214 g/mol. The minimum atomic E-state index is -0.642. The molecule has 15 heavy (non-hydrogen) atoms. The summed E-state index contributed by atoms with van der Waals surface area (Å²) in [6, 6.07) is -0.581. The number of carbonyl (C=O) groups excluding carboxylic acids is 1.